The minimum Gasteiger partial charge on any atom is -0.488 e. The van der Waals surface area contributed by atoms with Gasteiger partial charge in [-0.3, -0.25) is 4.79 Å². The van der Waals surface area contributed by atoms with Crippen molar-refractivity contribution < 1.29 is 14.6 Å². The highest BCUT2D eigenvalue weighted by Gasteiger charge is 2.43. The maximum absolute atomic E-state index is 11.7. The molecule has 2 aromatic carbocycles. The lowest BCUT2D eigenvalue weighted by molar-refractivity contribution is -0.144. The summed E-state index contributed by atoms with van der Waals surface area (Å²) in [5, 5.41) is 10.3. The summed E-state index contributed by atoms with van der Waals surface area (Å²) in [6.45, 7) is 11.8. The highest BCUT2D eigenvalue weighted by molar-refractivity contribution is 6.31. The molecule has 0 saturated carbocycles. The first kappa shape index (κ1) is 24.0. The van der Waals surface area contributed by atoms with E-state index in [1.54, 1.807) is 6.92 Å². The molecule has 0 amide bonds. The van der Waals surface area contributed by atoms with Crippen molar-refractivity contribution in [1.82, 2.24) is 0 Å². The minimum absolute atomic E-state index is 0. The van der Waals surface area contributed by atoms with E-state index in [0.717, 1.165) is 40.0 Å². The maximum atomic E-state index is 11.7. The summed E-state index contributed by atoms with van der Waals surface area (Å²) in [5.41, 5.74) is 5.26. The first-order chi connectivity index (χ1) is 12.8. The molecule has 3 rings (SSSR count). The minimum atomic E-state index is -0.859. The molecule has 0 spiro atoms. The summed E-state index contributed by atoms with van der Waals surface area (Å²) in [6.07, 6.45) is 0.365. The predicted octanol–water partition coefficient (Wildman–Crippen LogP) is 6.80. The lowest BCUT2D eigenvalue weighted by Crippen LogP contribution is -2.33. The number of carboxylic acids is 1. The van der Waals surface area contributed by atoms with Gasteiger partial charge in [0.2, 0.25) is 0 Å². The Hall–Kier alpha value is -2.00. The third kappa shape index (κ3) is 4.35. The van der Waals surface area contributed by atoms with Gasteiger partial charge in [0.1, 0.15) is 11.9 Å². The highest BCUT2D eigenvalue weighted by Crippen LogP contribution is 2.49. The van der Waals surface area contributed by atoms with Gasteiger partial charge < -0.3 is 9.84 Å². The molecule has 154 valence electrons. The highest BCUT2D eigenvalue weighted by atomic mass is 35.5. The van der Waals surface area contributed by atoms with E-state index in [0.29, 0.717) is 5.02 Å². The second kappa shape index (κ2) is 9.97. The van der Waals surface area contributed by atoms with Crippen LogP contribution in [0.4, 0.5) is 0 Å². The molecular formula is C24H33ClO3. The van der Waals surface area contributed by atoms with Gasteiger partial charge in [0.05, 0.1) is 11.8 Å². The van der Waals surface area contributed by atoms with Gasteiger partial charge >= 0.3 is 5.97 Å². The van der Waals surface area contributed by atoms with Crippen molar-refractivity contribution >= 4 is 17.6 Å². The van der Waals surface area contributed by atoms with Gasteiger partial charge in [0, 0.05) is 10.6 Å². The number of benzene rings is 2. The summed E-state index contributed by atoms with van der Waals surface area (Å²) in [7, 11) is 0. The molecule has 0 aromatic heterocycles. The summed E-state index contributed by atoms with van der Waals surface area (Å²) >= 11 is 6.60. The molecule has 0 bridgehead atoms. The van der Waals surface area contributed by atoms with E-state index in [1.165, 1.54) is 0 Å². The molecule has 3 nitrogen and oxygen atoms in total. The summed E-state index contributed by atoms with van der Waals surface area (Å²) in [6, 6.07) is 10.1. The number of aliphatic carboxylic acids is 1. The largest absolute Gasteiger partial charge is 0.488 e. The van der Waals surface area contributed by atoms with E-state index in [4.69, 9.17) is 16.3 Å². The zero-order valence-electron chi connectivity index (χ0n) is 17.0. The molecule has 3 atom stereocenters. The predicted molar refractivity (Wildman–Crippen MR) is 118 cm³/mol. The Bertz CT molecular complexity index is 806. The third-order valence-corrected chi connectivity index (χ3v) is 5.41. The van der Waals surface area contributed by atoms with Crippen molar-refractivity contribution in [3.05, 3.63) is 63.2 Å². The summed E-state index contributed by atoms with van der Waals surface area (Å²) in [5.74, 6) is -0.856. The molecule has 1 N–H and O–H groups in total. The SMILES string of the molecule is C.CC.CCc1cccc2c1OC(C(C)C(=O)O)C2c1c(C)cc(C)cc1Cl. The van der Waals surface area contributed by atoms with Crippen molar-refractivity contribution in [2.75, 3.05) is 0 Å². The fourth-order valence-corrected chi connectivity index (χ4v) is 4.26. The monoisotopic (exact) mass is 404 g/mol. The van der Waals surface area contributed by atoms with Crippen LogP contribution in [0.5, 0.6) is 5.75 Å². The van der Waals surface area contributed by atoms with Crippen LogP contribution < -0.4 is 4.74 Å². The number of para-hydroxylation sites is 1. The van der Waals surface area contributed by atoms with Gasteiger partial charge in [-0.25, -0.2) is 0 Å². The van der Waals surface area contributed by atoms with Gasteiger partial charge in [-0.05, 0) is 55.5 Å². The van der Waals surface area contributed by atoms with E-state index in [1.807, 2.05) is 52.0 Å². The molecule has 3 unspecified atom stereocenters. The van der Waals surface area contributed by atoms with Gasteiger partial charge in [-0.2, -0.15) is 0 Å². The average Bonchev–Trinajstić information content (AvgIpc) is 3.01. The first-order valence-electron chi connectivity index (χ1n) is 9.63. The van der Waals surface area contributed by atoms with Crippen molar-refractivity contribution in [3.8, 4) is 5.75 Å². The van der Waals surface area contributed by atoms with E-state index in [2.05, 4.69) is 13.0 Å². The molecule has 28 heavy (non-hydrogen) atoms. The molecule has 1 aliphatic rings. The number of halogens is 1. The van der Waals surface area contributed by atoms with Crippen LogP contribution in [0.15, 0.2) is 30.3 Å². The van der Waals surface area contributed by atoms with Crippen molar-refractivity contribution in [2.45, 2.75) is 67.4 Å². The fraction of sp³-hybridized carbons (Fsp3) is 0.458. The van der Waals surface area contributed by atoms with Gasteiger partial charge in [-0.1, -0.05) is 64.1 Å². The quantitative estimate of drug-likeness (QED) is 0.609. The number of rotatable bonds is 4. The fourth-order valence-electron chi connectivity index (χ4n) is 3.82. The number of hydrogen-bond acceptors (Lipinski definition) is 2. The maximum Gasteiger partial charge on any atom is 0.310 e. The summed E-state index contributed by atoms with van der Waals surface area (Å²) in [4.78, 5) is 11.7. The number of aryl methyl sites for hydroxylation is 3. The van der Waals surface area contributed by atoms with E-state index in [-0.39, 0.29) is 13.3 Å². The molecular weight excluding hydrogens is 372 g/mol. The second-order valence-electron chi connectivity index (χ2n) is 6.85. The van der Waals surface area contributed by atoms with Crippen molar-refractivity contribution in [3.63, 3.8) is 0 Å². The molecule has 0 fully saturated rings. The number of carboxylic acid groups (broad SMARTS) is 1. The number of carbonyl (C=O) groups is 1. The summed E-state index contributed by atoms with van der Waals surface area (Å²) < 4.78 is 6.22. The van der Waals surface area contributed by atoms with Crippen LogP contribution in [0.25, 0.3) is 0 Å². The van der Waals surface area contributed by atoms with Crippen LogP contribution in [0, 0.1) is 19.8 Å². The standard InChI is InChI=1S/C21H23ClO3.C2H6.CH4/c1-5-14-7-6-8-15-18(17-12(3)9-11(2)10-16(17)22)19(25-20(14)15)13(4)21(23)24;1-2;/h6-10,13,18-19H,5H2,1-4H3,(H,23,24);1-2H3;1H4. The van der Waals surface area contributed by atoms with E-state index in [9.17, 15) is 9.90 Å². The number of fused-ring (bicyclic) bond motifs is 1. The van der Waals surface area contributed by atoms with Gasteiger partial charge in [-0.15, -0.1) is 0 Å². The molecule has 4 heteroatoms. The molecule has 1 heterocycles. The third-order valence-electron chi connectivity index (χ3n) is 5.10. The van der Waals surface area contributed by atoms with Crippen LogP contribution in [0.2, 0.25) is 5.02 Å². The van der Waals surface area contributed by atoms with E-state index >= 15 is 0 Å². The zero-order chi connectivity index (χ0) is 20.3. The molecule has 2 aromatic rings. The van der Waals surface area contributed by atoms with Crippen molar-refractivity contribution in [1.29, 1.82) is 0 Å². The Morgan fingerprint density at radius 1 is 1.25 bits per heavy atom. The Kier molecular flexibility index (Phi) is 8.56. The lowest BCUT2D eigenvalue weighted by Gasteiger charge is -2.25. The smallest absolute Gasteiger partial charge is 0.310 e. The number of ether oxygens (including phenoxy) is 1. The Morgan fingerprint density at radius 3 is 2.43 bits per heavy atom. The van der Waals surface area contributed by atoms with Crippen LogP contribution in [-0.2, 0) is 11.2 Å². The Morgan fingerprint density at radius 2 is 1.89 bits per heavy atom. The van der Waals surface area contributed by atoms with Crippen LogP contribution in [0.1, 0.15) is 68.9 Å². The Balaban J connectivity index is 0.00000127. The topological polar surface area (TPSA) is 46.5 Å². The molecule has 0 radical (unpaired) electrons. The lowest BCUT2D eigenvalue weighted by atomic mass is 9.80. The Labute approximate surface area is 174 Å². The van der Waals surface area contributed by atoms with Gasteiger partial charge in [0.25, 0.3) is 0 Å². The van der Waals surface area contributed by atoms with Crippen LogP contribution >= 0.6 is 11.6 Å². The number of hydrogen-bond donors (Lipinski definition) is 1. The molecule has 1 aliphatic heterocycles. The average molecular weight is 405 g/mol. The molecule has 0 saturated heterocycles. The first-order valence-corrected chi connectivity index (χ1v) is 10.0. The zero-order valence-corrected chi connectivity index (χ0v) is 17.7. The second-order valence-corrected chi connectivity index (χ2v) is 7.26. The van der Waals surface area contributed by atoms with Gasteiger partial charge in [0.15, 0.2) is 0 Å². The van der Waals surface area contributed by atoms with E-state index < -0.39 is 18.0 Å². The van der Waals surface area contributed by atoms with Crippen LogP contribution in [0.3, 0.4) is 0 Å². The van der Waals surface area contributed by atoms with Crippen molar-refractivity contribution in [2.24, 2.45) is 5.92 Å². The normalized spacial score (nSPS) is 18.1. The molecule has 0 aliphatic carbocycles. The van der Waals surface area contributed by atoms with Crippen LogP contribution in [-0.4, -0.2) is 17.2 Å².